The van der Waals surface area contributed by atoms with Crippen molar-refractivity contribution in [3.05, 3.63) is 30.0 Å². The minimum atomic E-state index is 0.562. The highest BCUT2D eigenvalue weighted by Gasteiger charge is 2.20. The van der Waals surface area contributed by atoms with Crippen LogP contribution in [0.25, 0.3) is 11.0 Å². The zero-order valence-corrected chi connectivity index (χ0v) is 12.4. The number of hydrogen-bond donors (Lipinski definition) is 1. The first kappa shape index (κ1) is 13.3. The molecular weight excluding hydrogens is 246 g/mol. The van der Waals surface area contributed by atoms with E-state index in [0.29, 0.717) is 6.04 Å². The van der Waals surface area contributed by atoms with Crippen molar-refractivity contribution in [2.24, 2.45) is 5.92 Å². The summed E-state index contributed by atoms with van der Waals surface area (Å²) in [6, 6.07) is 8.64. The van der Waals surface area contributed by atoms with Crippen LogP contribution in [0.2, 0.25) is 0 Å². The van der Waals surface area contributed by atoms with Crippen LogP contribution in [0.1, 0.15) is 44.7 Å². The molecule has 1 aliphatic carbocycles. The number of rotatable bonds is 3. The Balaban J connectivity index is 1.76. The van der Waals surface area contributed by atoms with Crippen LogP contribution >= 0.6 is 0 Å². The fourth-order valence-electron chi connectivity index (χ4n) is 3.13. The van der Waals surface area contributed by atoms with E-state index < -0.39 is 0 Å². The van der Waals surface area contributed by atoms with Crippen molar-refractivity contribution in [1.29, 1.82) is 0 Å². The van der Waals surface area contributed by atoms with Crippen LogP contribution in [0.3, 0.4) is 0 Å². The minimum Gasteiger partial charge on any atom is -0.366 e. The Labute approximate surface area is 120 Å². The summed E-state index contributed by atoms with van der Waals surface area (Å²) < 4.78 is 0. The topological polar surface area (TPSA) is 37.8 Å². The fraction of sp³-hybridized carbons (Fsp3) is 0.529. The highest BCUT2D eigenvalue weighted by atomic mass is 15.0. The summed E-state index contributed by atoms with van der Waals surface area (Å²) in [4.78, 5) is 9.38. The fourth-order valence-corrected chi connectivity index (χ4v) is 3.13. The van der Waals surface area contributed by atoms with Crippen molar-refractivity contribution in [1.82, 2.24) is 9.97 Å². The van der Waals surface area contributed by atoms with Gasteiger partial charge in [-0.3, -0.25) is 0 Å². The number of nitrogens with zero attached hydrogens (tertiary/aromatic N) is 2. The monoisotopic (exact) mass is 269 g/mol. The Bertz CT molecular complexity index is 586. The van der Waals surface area contributed by atoms with E-state index in [9.17, 15) is 0 Å². The molecule has 0 bridgehead atoms. The maximum atomic E-state index is 4.73. The van der Waals surface area contributed by atoms with Gasteiger partial charge in [0.05, 0.1) is 16.7 Å². The third-order valence-electron chi connectivity index (χ3n) is 4.51. The summed E-state index contributed by atoms with van der Waals surface area (Å²) in [5.74, 6) is 1.89. The Morgan fingerprint density at radius 3 is 2.35 bits per heavy atom. The molecule has 3 heteroatoms. The summed E-state index contributed by atoms with van der Waals surface area (Å²) in [5.41, 5.74) is 2.95. The summed E-state index contributed by atoms with van der Waals surface area (Å²) >= 11 is 0. The van der Waals surface area contributed by atoms with Crippen molar-refractivity contribution < 1.29 is 0 Å². The Morgan fingerprint density at radius 1 is 1.05 bits per heavy atom. The van der Waals surface area contributed by atoms with Crippen LogP contribution in [0.15, 0.2) is 24.3 Å². The second-order valence-corrected chi connectivity index (χ2v) is 5.92. The highest BCUT2D eigenvalue weighted by Crippen LogP contribution is 2.28. The third-order valence-corrected chi connectivity index (χ3v) is 4.51. The Morgan fingerprint density at radius 2 is 1.70 bits per heavy atom. The lowest BCUT2D eigenvalue weighted by Crippen LogP contribution is -2.26. The van der Waals surface area contributed by atoms with Crippen molar-refractivity contribution in [3.63, 3.8) is 0 Å². The van der Waals surface area contributed by atoms with Gasteiger partial charge < -0.3 is 5.32 Å². The molecule has 1 N–H and O–H groups in total. The first-order valence-corrected chi connectivity index (χ1v) is 7.76. The molecule has 20 heavy (non-hydrogen) atoms. The first-order valence-electron chi connectivity index (χ1n) is 7.76. The number of aryl methyl sites for hydroxylation is 1. The van der Waals surface area contributed by atoms with Gasteiger partial charge in [0, 0.05) is 6.04 Å². The molecule has 1 fully saturated rings. The molecule has 0 atom stereocenters. The molecule has 3 nitrogen and oxygen atoms in total. The number of aromatic nitrogens is 2. The van der Waals surface area contributed by atoms with Gasteiger partial charge in [-0.05, 0) is 50.7 Å². The molecule has 3 rings (SSSR count). The predicted octanol–water partition coefficient (Wildman–Crippen LogP) is 4.32. The molecule has 0 unspecified atom stereocenters. The number of nitrogens with one attached hydrogen (secondary N) is 1. The molecule has 0 spiro atoms. The summed E-state index contributed by atoms with van der Waals surface area (Å²) in [6.07, 6.45) is 6.52. The molecule has 1 aliphatic rings. The van der Waals surface area contributed by atoms with E-state index in [1.165, 1.54) is 32.1 Å². The van der Waals surface area contributed by atoms with Crippen LogP contribution < -0.4 is 5.32 Å². The van der Waals surface area contributed by atoms with E-state index >= 15 is 0 Å². The second kappa shape index (κ2) is 5.78. The number of hydrogen-bond acceptors (Lipinski definition) is 3. The standard InChI is InChI=1S/C17H23N3/c1-3-13-8-10-14(11-9-13)19-17-12(2)18-15-6-4-5-7-16(15)20-17/h4-7,13-14H,3,8-11H2,1-2H3,(H,19,20). The van der Waals surface area contributed by atoms with E-state index in [0.717, 1.165) is 28.5 Å². The maximum Gasteiger partial charge on any atom is 0.148 e. The number of fused-ring (bicyclic) bond motifs is 1. The summed E-state index contributed by atoms with van der Waals surface area (Å²) in [7, 11) is 0. The molecule has 2 aromatic rings. The van der Waals surface area contributed by atoms with E-state index in [1.54, 1.807) is 0 Å². The number of anilines is 1. The molecule has 0 amide bonds. The van der Waals surface area contributed by atoms with Crippen molar-refractivity contribution in [2.45, 2.75) is 52.0 Å². The SMILES string of the molecule is CCC1CCC(Nc2nc3ccccc3nc2C)CC1. The van der Waals surface area contributed by atoms with Crippen LogP contribution in [0, 0.1) is 12.8 Å². The maximum absolute atomic E-state index is 4.73. The largest absolute Gasteiger partial charge is 0.366 e. The zero-order valence-electron chi connectivity index (χ0n) is 12.4. The third kappa shape index (κ3) is 2.77. The van der Waals surface area contributed by atoms with Crippen molar-refractivity contribution in [2.75, 3.05) is 5.32 Å². The molecule has 1 aromatic carbocycles. The smallest absolute Gasteiger partial charge is 0.148 e. The summed E-state index contributed by atoms with van der Waals surface area (Å²) in [6.45, 7) is 4.34. The van der Waals surface area contributed by atoms with Crippen LogP contribution in [-0.4, -0.2) is 16.0 Å². The number of benzene rings is 1. The second-order valence-electron chi connectivity index (χ2n) is 5.92. The van der Waals surface area contributed by atoms with Gasteiger partial charge in [0.1, 0.15) is 5.82 Å². The molecule has 106 valence electrons. The lowest BCUT2D eigenvalue weighted by atomic mass is 9.84. The summed E-state index contributed by atoms with van der Waals surface area (Å²) in [5, 5.41) is 3.61. The van der Waals surface area contributed by atoms with Crippen LogP contribution in [0.4, 0.5) is 5.82 Å². The van der Waals surface area contributed by atoms with E-state index in [1.807, 2.05) is 31.2 Å². The van der Waals surface area contributed by atoms with Gasteiger partial charge in [-0.2, -0.15) is 0 Å². The quantitative estimate of drug-likeness (QED) is 0.901. The van der Waals surface area contributed by atoms with Crippen molar-refractivity contribution >= 4 is 16.9 Å². The molecule has 1 saturated carbocycles. The lowest BCUT2D eigenvalue weighted by Gasteiger charge is -2.29. The van der Waals surface area contributed by atoms with Gasteiger partial charge in [-0.15, -0.1) is 0 Å². The van der Waals surface area contributed by atoms with Gasteiger partial charge in [0.15, 0.2) is 0 Å². The van der Waals surface area contributed by atoms with E-state index in [-0.39, 0.29) is 0 Å². The molecule has 1 aromatic heterocycles. The van der Waals surface area contributed by atoms with Gasteiger partial charge in [-0.25, -0.2) is 9.97 Å². The van der Waals surface area contributed by atoms with Gasteiger partial charge in [0.2, 0.25) is 0 Å². The zero-order chi connectivity index (χ0) is 13.9. The first-order chi connectivity index (χ1) is 9.76. The molecular formula is C17H23N3. The predicted molar refractivity (Wildman–Crippen MR) is 83.9 cm³/mol. The average Bonchev–Trinajstić information content (AvgIpc) is 2.49. The normalized spacial score (nSPS) is 22.9. The minimum absolute atomic E-state index is 0.562. The average molecular weight is 269 g/mol. The Hall–Kier alpha value is -1.64. The molecule has 0 radical (unpaired) electrons. The van der Waals surface area contributed by atoms with Crippen LogP contribution in [-0.2, 0) is 0 Å². The van der Waals surface area contributed by atoms with Gasteiger partial charge in [-0.1, -0.05) is 25.5 Å². The molecule has 0 aliphatic heterocycles. The van der Waals surface area contributed by atoms with E-state index in [4.69, 9.17) is 4.98 Å². The lowest BCUT2D eigenvalue weighted by molar-refractivity contribution is 0.330. The molecule has 0 saturated heterocycles. The van der Waals surface area contributed by atoms with Gasteiger partial charge in [0.25, 0.3) is 0 Å². The van der Waals surface area contributed by atoms with Gasteiger partial charge >= 0.3 is 0 Å². The highest BCUT2D eigenvalue weighted by molar-refractivity contribution is 5.76. The number of para-hydroxylation sites is 2. The van der Waals surface area contributed by atoms with Crippen LogP contribution in [0.5, 0.6) is 0 Å². The Kier molecular flexibility index (Phi) is 3.86. The molecule has 1 heterocycles. The van der Waals surface area contributed by atoms with E-state index in [2.05, 4.69) is 17.2 Å². The van der Waals surface area contributed by atoms with Crippen molar-refractivity contribution in [3.8, 4) is 0 Å².